The number of carbonyl (C=O) groups excluding carboxylic acids is 2. The number of hydrogen-bond donors (Lipinski definition) is 1. The Bertz CT molecular complexity index is 1050. The second-order valence-electron chi connectivity index (χ2n) is 6.38. The number of fused-ring (bicyclic) bond motifs is 1. The standard InChI is InChI=1S/C20H21N3O4S/c1-3-8-21-16(24)10-27-17(25)9-23-12-22-19-18(20(23)26)15(11-28-19)14-6-4-13(2)5-7-14/h4-7,11-12H,3,8-10H2,1-2H3,(H,21,24). The molecule has 0 aliphatic heterocycles. The number of aromatic nitrogens is 2. The molecule has 0 saturated carbocycles. The number of nitrogens with one attached hydrogen (secondary N) is 1. The lowest BCUT2D eigenvalue weighted by Crippen LogP contribution is -2.31. The Morgan fingerprint density at radius 3 is 2.71 bits per heavy atom. The molecule has 2 heterocycles. The first-order valence-corrected chi connectivity index (χ1v) is 9.83. The summed E-state index contributed by atoms with van der Waals surface area (Å²) in [6, 6.07) is 7.87. The minimum Gasteiger partial charge on any atom is -0.454 e. The molecule has 28 heavy (non-hydrogen) atoms. The maximum absolute atomic E-state index is 12.9. The fraction of sp³-hybridized carbons (Fsp3) is 0.300. The van der Waals surface area contributed by atoms with Gasteiger partial charge in [0.2, 0.25) is 0 Å². The summed E-state index contributed by atoms with van der Waals surface area (Å²) >= 11 is 1.38. The van der Waals surface area contributed by atoms with Crippen molar-refractivity contribution in [2.45, 2.75) is 26.8 Å². The van der Waals surface area contributed by atoms with Gasteiger partial charge in [0.05, 0.1) is 11.7 Å². The van der Waals surface area contributed by atoms with Gasteiger partial charge in [0, 0.05) is 17.5 Å². The summed E-state index contributed by atoms with van der Waals surface area (Å²) in [6.45, 7) is 3.79. The van der Waals surface area contributed by atoms with Crippen LogP contribution >= 0.6 is 11.3 Å². The molecule has 2 aromatic heterocycles. The van der Waals surface area contributed by atoms with E-state index in [2.05, 4.69) is 10.3 Å². The van der Waals surface area contributed by atoms with Crippen molar-refractivity contribution in [1.29, 1.82) is 0 Å². The fourth-order valence-electron chi connectivity index (χ4n) is 2.67. The quantitative estimate of drug-likeness (QED) is 0.617. The molecule has 8 heteroatoms. The SMILES string of the molecule is CCCNC(=O)COC(=O)Cn1cnc2scc(-c3ccc(C)cc3)c2c1=O. The van der Waals surface area contributed by atoms with Crippen LogP contribution in [0, 0.1) is 6.92 Å². The molecular weight excluding hydrogens is 378 g/mol. The zero-order chi connectivity index (χ0) is 20.1. The summed E-state index contributed by atoms with van der Waals surface area (Å²) in [6.07, 6.45) is 2.13. The Hall–Kier alpha value is -3.00. The molecule has 1 amide bonds. The topological polar surface area (TPSA) is 90.3 Å². The van der Waals surface area contributed by atoms with Gasteiger partial charge in [0.25, 0.3) is 11.5 Å². The van der Waals surface area contributed by atoms with Gasteiger partial charge in [-0.2, -0.15) is 0 Å². The predicted octanol–water partition coefficient (Wildman–Crippen LogP) is 2.50. The van der Waals surface area contributed by atoms with E-state index in [1.165, 1.54) is 22.2 Å². The minimum absolute atomic E-state index is 0.300. The highest BCUT2D eigenvalue weighted by molar-refractivity contribution is 7.17. The van der Waals surface area contributed by atoms with Crippen LogP contribution in [0.4, 0.5) is 0 Å². The van der Waals surface area contributed by atoms with Crippen LogP contribution in [-0.2, 0) is 20.9 Å². The van der Waals surface area contributed by atoms with Crippen LogP contribution in [0.5, 0.6) is 0 Å². The number of nitrogens with zero attached hydrogens (tertiary/aromatic N) is 2. The van der Waals surface area contributed by atoms with Gasteiger partial charge in [-0.1, -0.05) is 36.8 Å². The molecule has 1 N–H and O–H groups in total. The number of thiophene rings is 1. The van der Waals surface area contributed by atoms with Crippen LogP contribution in [0.2, 0.25) is 0 Å². The van der Waals surface area contributed by atoms with Crippen molar-refractivity contribution in [2.75, 3.05) is 13.2 Å². The van der Waals surface area contributed by atoms with Crippen molar-refractivity contribution >= 4 is 33.4 Å². The van der Waals surface area contributed by atoms with E-state index < -0.39 is 5.97 Å². The number of esters is 1. The third kappa shape index (κ3) is 4.45. The van der Waals surface area contributed by atoms with Crippen molar-refractivity contribution < 1.29 is 14.3 Å². The summed E-state index contributed by atoms with van der Waals surface area (Å²) < 4.78 is 6.15. The number of benzene rings is 1. The van der Waals surface area contributed by atoms with Gasteiger partial charge >= 0.3 is 5.97 Å². The average molecular weight is 399 g/mol. The molecule has 146 valence electrons. The van der Waals surface area contributed by atoms with Gasteiger partial charge in [-0.25, -0.2) is 4.98 Å². The predicted molar refractivity (Wildman–Crippen MR) is 108 cm³/mol. The van der Waals surface area contributed by atoms with Crippen molar-refractivity contribution in [3.05, 3.63) is 51.9 Å². The van der Waals surface area contributed by atoms with Gasteiger partial charge in [-0.05, 0) is 18.9 Å². The summed E-state index contributed by atoms with van der Waals surface area (Å²) in [4.78, 5) is 41.4. The highest BCUT2D eigenvalue weighted by atomic mass is 32.1. The molecule has 0 unspecified atom stereocenters. The Labute approximate surface area is 166 Å². The second kappa shape index (κ2) is 8.79. The lowest BCUT2D eigenvalue weighted by Gasteiger charge is -2.08. The maximum atomic E-state index is 12.9. The number of carbonyl (C=O) groups is 2. The third-order valence-corrected chi connectivity index (χ3v) is 5.05. The molecule has 0 bridgehead atoms. The van der Waals surface area contributed by atoms with E-state index in [1.807, 2.05) is 43.5 Å². The van der Waals surface area contributed by atoms with Crippen molar-refractivity contribution in [2.24, 2.45) is 0 Å². The summed E-state index contributed by atoms with van der Waals surface area (Å²) in [5.41, 5.74) is 2.53. The number of hydrogen-bond acceptors (Lipinski definition) is 6. The molecule has 3 aromatic rings. The van der Waals surface area contributed by atoms with Crippen LogP contribution in [0.1, 0.15) is 18.9 Å². The number of amides is 1. The van der Waals surface area contributed by atoms with Gasteiger partial charge < -0.3 is 10.1 Å². The summed E-state index contributed by atoms with van der Waals surface area (Å²) in [7, 11) is 0. The van der Waals surface area contributed by atoms with Gasteiger partial charge in [-0.3, -0.25) is 19.0 Å². The van der Waals surface area contributed by atoms with Crippen LogP contribution in [0.3, 0.4) is 0 Å². The summed E-state index contributed by atoms with van der Waals surface area (Å²) in [5, 5.41) is 4.99. The lowest BCUT2D eigenvalue weighted by atomic mass is 10.1. The van der Waals surface area contributed by atoms with E-state index in [4.69, 9.17) is 4.74 Å². The maximum Gasteiger partial charge on any atom is 0.326 e. The van der Waals surface area contributed by atoms with E-state index in [-0.39, 0.29) is 24.6 Å². The third-order valence-electron chi connectivity index (χ3n) is 4.16. The molecule has 3 rings (SSSR count). The van der Waals surface area contributed by atoms with E-state index in [9.17, 15) is 14.4 Å². The van der Waals surface area contributed by atoms with Crippen molar-refractivity contribution in [1.82, 2.24) is 14.9 Å². The van der Waals surface area contributed by atoms with Gasteiger partial charge in [0.15, 0.2) is 6.61 Å². The van der Waals surface area contributed by atoms with E-state index in [1.54, 1.807) is 0 Å². The monoisotopic (exact) mass is 399 g/mol. The van der Waals surface area contributed by atoms with Gasteiger partial charge in [0.1, 0.15) is 11.4 Å². The Balaban J connectivity index is 1.79. The minimum atomic E-state index is -0.665. The molecule has 1 aromatic carbocycles. The molecular formula is C20H21N3O4S. The highest BCUT2D eigenvalue weighted by Gasteiger charge is 2.15. The van der Waals surface area contributed by atoms with Crippen LogP contribution in [0.25, 0.3) is 21.3 Å². The molecule has 0 radical (unpaired) electrons. The van der Waals surface area contributed by atoms with Crippen molar-refractivity contribution in [3.63, 3.8) is 0 Å². The molecule has 0 aliphatic rings. The first kappa shape index (κ1) is 19.8. The molecule has 0 fully saturated rings. The second-order valence-corrected chi connectivity index (χ2v) is 7.24. The normalized spacial score (nSPS) is 10.8. The number of aryl methyl sites for hydroxylation is 1. The Morgan fingerprint density at radius 2 is 2.00 bits per heavy atom. The van der Waals surface area contributed by atoms with Crippen LogP contribution in [-0.4, -0.2) is 34.6 Å². The van der Waals surface area contributed by atoms with Crippen LogP contribution in [0.15, 0.2) is 40.8 Å². The van der Waals surface area contributed by atoms with Crippen molar-refractivity contribution in [3.8, 4) is 11.1 Å². The Morgan fingerprint density at radius 1 is 1.25 bits per heavy atom. The lowest BCUT2D eigenvalue weighted by molar-refractivity contribution is -0.149. The number of ether oxygens (including phenoxy) is 1. The average Bonchev–Trinajstić information content (AvgIpc) is 3.12. The smallest absolute Gasteiger partial charge is 0.326 e. The largest absolute Gasteiger partial charge is 0.454 e. The van der Waals surface area contributed by atoms with Crippen LogP contribution < -0.4 is 10.9 Å². The fourth-order valence-corrected chi connectivity index (χ4v) is 3.58. The molecule has 0 aliphatic carbocycles. The summed E-state index contributed by atoms with van der Waals surface area (Å²) in [5.74, 6) is -1.03. The first-order chi connectivity index (χ1) is 13.5. The highest BCUT2D eigenvalue weighted by Crippen LogP contribution is 2.30. The molecule has 0 saturated heterocycles. The van der Waals surface area contributed by atoms with Gasteiger partial charge in [-0.15, -0.1) is 11.3 Å². The number of rotatable bonds is 7. The zero-order valence-corrected chi connectivity index (χ0v) is 16.5. The molecule has 0 spiro atoms. The van der Waals surface area contributed by atoms with E-state index in [0.717, 1.165) is 23.1 Å². The molecule has 7 nitrogen and oxygen atoms in total. The molecule has 0 atom stereocenters. The van der Waals surface area contributed by atoms with E-state index in [0.29, 0.717) is 16.8 Å². The van der Waals surface area contributed by atoms with E-state index >= 15 is 0 Å². The Kier molecular flexibility index (Phi) is 6.20. The first-order valence-electron chi connectivity index (χ1n) is 8.95. The zero-order valence-electron chi connectivity index (χ0n) is 15.7.